The largest absolute Gasteiger partial charge is 0.309 e. The summed E-state index contributed by atoms with van der Waals surface area (Å²) < 4.78 is 1.20. The van der Waals surface area contributed by atoms with Crippen LogP contribution in [0.25, 0.3) is 0 Å². The average Bonchev–Trinajstić information content (AvgIpc) is 2.77. The highest BCUT2D eigenvalue weighted by atomic mass is 79.9. The zero-order valence-electron chi connectivity index (χ0n) is 11.0. The van der Waals surface area contributed by atoms with E-state index in [0.29, 0.717) is 6.04 Å². The first-order valence-corrected chi connectivity index (χ1v) is 8.47. The van der Waals surface area contributed by atoms with Gasteiger partial charge in [-0.3, -0.25) is 0 Å². The molecule has 19 heavy (non-hydrogen) atoms. The van der Waals surface area contributed by atoms with Crippen LogP contribution in [0.4, 0.5) is 0 Å². The number of rotatable bonds is 4. The lowest BCUT2D eigenvalue weighted by Gasteiger charge is -2.30. The van der Waals surface area contributed by atoms with E-state index in [-0.39, 0.29) is 0 Å². The summed E-state index contributed by atoms with van der Waals surface area (Å²) >= 11 is 5.32. The van der Waals surface area contributed by atoms with Crippen LogP contribution < -0.4 is 5.32 Å². The molecule has 3 rings (SSSR count). The van der Waals surface area contributed by atoms with Crippen molar-refractivity contribution >= 4 is 27.3 Å². The van der Waals surface area contributed by atoms with Crippen molar-refractivity contribution in [3.63, 3.8) is 0 Å². The molecule has 1 nitrogen and oxygen atoms in total. The van der Waals surface area contributed by atoms with Gasteiger partial charge in [-0.25, -0.2) is 0 Å². The fourth-order valence-corrected chi connectivity index (χ4v) is 4.04. The van der Waals surface area contributed by atoms with E-state index in [1.165, 1.54) is 39.7 Å². The number of hydrogen-bond acceptors (Lipinski definition) is 2. The smallest absolute Gasteiger partial charge is 0.0701 e. The molecule has 100 valence electrons. The van der Waals surface area contributed by atoms with Crippen molar-refractivity contribution < 1.29 is 0 Å². The van der Waals surface area contributed by atoms with Crippen molar-refractivity contribution in [1.29, 1.82) is 0 Å². The van der Waals surface area contributed by atoms with E-state index >= 15 is 0 Å². The Morgan fingerprint density at radius 3 is 2.68 bits per heavy atom. The Morgan fingerprint density at radius 1 is 1.32 bits per heavy atom. The van der Waals surface area contributed by atoms with Crippen molar-refractivity contribution in [2.24, 2.45) is 0 Å². The zero-order chi connectivity index (χ0) is 13.2. The highest BCUT2D eigenvalue weighted by molar-refractivity contribution is 9.11. The third-order valence-corrected chi connectivity index (χ3v) is 5.58. The molecular weight excluding hydrogens is 318 g/mol. The fourth-order valence-electron chi connectivity index (χ4n) is 2.84. The van der Waals surface area contributed by atoms with Crippen molar-refractivity contribution in [3.05, 3.63) is 56.2 Å². The topological polar surface area (TPSA) is 12.0 Å². The molecule has 0 radical (unpaired) electrons. The molecule has 1 aromatic carbocycles. The van der Waals surface area contributed by atoms with E-state index in [0.717, 1.165) is 5.92 Å². The maximum absolute atomic E-state index is 3.57. The minimum Gasteiger partial charge on any atom is -0.309 e. The molecule has 0 amide bonds. The molecule has 1 unspecified atom stereocenters. The quantitative estimate of drug-likeness (QED) is 0.820. The van der Waals surface area contributed by atoms with Gasteiger partial charge in [-0.15, -0.1) is 11.3 Å². The summed E-state index contributed by atoms with van der Waals surface area (Å²) in [5.74, 6) is 0.772. The normalized spacial score (nSPS) is 17.2. The van der Waals surface area contributed by atoms with Gasteiger partial charge in [-0.1, -0.05) is 30.7 Å². The van der Waals surface area contributed by atoms with E-state index in [2.05, 4.69) is 57.0 Å². The first kappa shape index (κ1) is 13.3. The van der Waals surface area contributed by atoms with Crippen LogP contribution in [-0.2, 0) is 0 Å². The molecule has 1 fully saturated rings. The van der Waals surface area contributed by atoms with Crippen molar-refractivity contribution in [1.82, 2.24) is 5.32 Å². The monoisotopic (exact) mass is 335 g/mol. The molecule has 0 aliphatic heterocycles. The number of halogens is 1. The highest BCUT2D eigenvalue weighted by Gasteiger charge is 2.25. The van der Waals surface area contributed by atoms with Gasteiger partial charge >= 0.3 is 0 Å². The summed E-state index contributed by atoms with van der Waals surface area (Å²) in [6.07, 6.45) is 4.08. The van der Waals surface area contributed by atoms with Crippen LogP contribution in [0.2, 0.25) is 0 Å². The van der Waals surface area contributed by atoms with E-state index < -0.39 is 0 Å². The molecular formula is C16H18BrNS. The molecule has 1 heterocycles. The van der Waals surface area contributed by atoms with Crippen LogP contribution in [0, 0.1) is 0 Å². The minimum absolute atomic E-state index is 0.305. The molecule has 1 N–H and O–H groups in total. The number of benzene rings is 1. The van der Waals surface area contributed by atoms with Gasteiger partial charge in [0, 0.05) is 0 Å². The molecule has 1 aromatic heterocycles. The Labute approximate surface area is 127 Å². The second-order valence-electron chi connectivity index (χ2n) is 5.16. The molecule has 1 atom stereocenters. The third-order valence-electron chi connectivity index (χ3n) is 4.06. The van der Waals surface area contributed by atoms with E-state index in [1.807, 2.05) is 7.05 Å². The fraction of sp³-hybridized carbons (Fsp3) is 0.375. The summed E-state index contributed by atoms with van der Waals surface area (Å²) in [7, 11) is 2.05. The lowest BCUT2D eigenvalue weighted by atomic mass is 9.76. The van der Waals surface area contributed by atoms with Crippen molar-refractivity contribution in [2.75, 3.05) is 7.05 Å². The molecule has 1 aliphatic carbocycles. The average molecular weight is 336 g/mol. The van der Waals surface area contributed by atoms with E-state index in [1.54, 1.807) is 11.3 Å². The summed E-state index contributed by atoms with van der Waals surface area (Å²) in [6.45, 7) is 0. The van der Waals surface area contributed by atoms with Crippen LogP contribution in [-0.4, -0.2) is 7.05 Å². The summed E-state index contributed by atoms with van der Waals surface area (Å²) in [6, 6.07) is 11.4. The summed E-state index contributed by atoms with van der Waals surface area (Å²) in [4.78, 5) is 0. The first-order chi connectivity index (χ1) is 9.29. The van der Waals surface area contributed by atoms with Gasteiger partial charge < -0.3 is 5.32 Å². The Balaban J connectivity index is 1.99. The maximum Gasteiger partial charge on any atom is 0.0701 e. The molecule has 0 saturated heterocycles. The maximum atomic E-state index is 3.57. The molecule has 3 heteroatoms. The Morgan fingerprint density at radius 2 is 2.11 bits per heavy atom. The van der Waals surface area contributed by atoms with Gasteiger partial charge in [0.25, 0.3) is 0 Å². The van der Waals surface area contributed by atoms with Crippen LogP contribution in [0.15, 0.2) is 39.5 Å². The standard InChI is InChI=1S/C16H18BrNS/c1-18-16(12-9-15(17)19-10-12)14-8-3-2-7-13(14)11-5-4-6-11/h2-3,7-11,16,18H,4-6H2,1H3. The number of hydrogen-bond donors (Lipinski definition) is 1. The predicted molar refractivity (Wildman–Crippen MR) is 86.0 cm³/mol. The van der Waals surface area contributed by atoms with Gasteiger partial charge in [0.05, 0.1) is 9.83 Å². The Bertz CT molecular complexity index is 559. The number of thiophene rings is 1. The second kappa shape index (κ2) is 5.78. The van der Waals surface area contributed by atoms with Crippen molar-refractivity contribution in [2.45, 2.75) is 31.2 Å². The SMILES string of the molecule is CNC(c1csc(Br)c1)c1ccccc1C1CCC1. The van der Waals surface area contributed by atoms with Gasteiger partial charge in [-0.05, 0) is 69.9 Å². The number of nitrogens with one attached hydrogen (secondary N) is 1. The molecule has 1 aliphatic rings. The third kappa shape index (κ3) is 2.64. The molecule has 1 saturated carbocycles. The summed E-state index contributed by atoms with van der Waals surface area (Å²) in [5.41, 5.74) is 4.33. The van der Waals surface area contributed by atoms with Gasteiger partial charge in [-0.2, -0.15) is 0 Å². The Kier molecular flexibility index (Phi) is 4.06. The van der Waals surface area contributed by atoms with Crippen LogP contribution in [0.1, 0.15) is 47.9 Å². The first-order valence-electron chi connectivity index (χ1n) is 6.79. The zero-order valence-corrected chi connectivity index (χ0v) is 13.4. The van der Waals surface area contributed by atoms with Crippen LogP contribution >= 0.6 is 27.3 Å². The summed E-state index contributed by atoms with van der Waals surface area (Å²) in [5, 5.41) is 5.72. The lowest BCUT2D eigenvalue weighted by Crippen LogP contribution is -2.21. The van der Waals surface area contributed by atoms with Crippen LogP contribution in [0.5, 0.6) is 0 Å². The van der Waals surface area contributed by atoms with Gasteiger partial charge in [0.1, 0.15) is 0 Å². The molecule has 0 spiro atoms. The molecule has 0 bridgehead atoms. The van der Waals surface area contributed by atoms with Gasteiger partial charge in [0.2, 0.25) is 0 Å². The predicted octanol–water partition coefficient (Wildman–Crippen LogP) is 5.09. The van der Waals surface area contributed by atoms with E-state index in [9.17, 15) is 0 Å². The minimum atomic E-state index is 0.305. The van der Waals surface area contributed by atoms with Crippen LogP contribution in [0.3, 0.4) is 0 Å². The van der Waals surface area contributed by atoms with E-state index in [4.69, 9.17) is 0 Å². The van der Waals surface area contributed by atoms with Gasteiger partial charge in [0.15, 0.2) is 0 Å². The molecule has 2 aromatic rings. The lowest BCUT2D eigenvalue weighted by molar-refractivity contribution is 0.415. The Hall–Kier alpha value is -0.640. The highest BCUT2D eigenvalue weighted by Crippen LogP contribution is 2.41. The van der Waals surface area contributed by atoms with Crippen molar-refractivity contribution in [3.8, 4) is 0 Å². The second-order valence-corrected chi connectivity index (χ2v) is 7.45.